The molecule has 0 unspecified atom stereocenters. The minimum absolute atomic E-state index is 0.0607. The van der Waals surface area contributed by atoms with Crippen molar-refractivity contribution in [1.82, 2.24) is 9.88 Å². The highest BCUT2D eigenvalue weighted by molar-refractivity contribution is 5.80. The summed E-state index contributed by atoms with van der Waals surface area (Å²) in [6.45, 7) is 6.04. The topological polar surface area (TPSA) is 65.8 Å². The first-order chi connectivity index (χ1) is 16.6. The van der Waals surface area contributed by atoms with Crippen molar-refractivity contribution in [3.05, 3.63) is 64.8 Å². The van der Waals surface area contributed by atoms with Gasteiger partial charge in [-0.05, 0) is 67.5 Å². The molecule has 1 saturated heterocycles. The summed E-state index contributed by atoms with van der Waals surface area (Å²) in [5, 5.41) is 24.5. The number of phenols is 1. The van der Waals surface area contributed by atoms with Crippen molar-refractivity contribution in [3.8, 4) is 11.5 Å². The van der Waals surface area contributed by atoms with E-state index >= 15 is 0 Å². The molecule has 2 N–H and O–H groups in total. The van der Waals surface area contributed by atoms with Crippen LogP contribution in [0.4, 0.5) is 0 Å². The van der Waals surface area contributed by atoms with Crippen molar-refractivity contribution in [2.24, 2.45) is 5.92 Å². The van der Waals surface area contributed by atoms with Crippen molar-refractivity contribution >= 4 is 10.9 Å². The van der Waals surface area contributed by atoms with Gasteiger partial charge in [0.25, 0.3) is 0 Å². The molecule has 5 aliphatic rings. The van der Waals surface area contributed by atoms with E-state index < -0.39 is 11.0 Å². The van der Waals surface area contributed by atoms with E-state index in [-0.39, 0.29) is 17.9 Å². The Labute approximate surface area is 200 Å². The van der Waals surface area contributed by atoms with E-state index in [1.54, 1.807) is 6.07 Å². The quantitative estimate of drug-likeness (QED) is 0.587. The maximum atomic E-state index is 12.7. The summed E-state index contributed by atoms with van der Waals surface area (Å²) >= 11 is 0. The lowest BCUT2D eigenvalue weighted by molar-refractivity contribution is -0.173. The lowest BCUT2D eigenvalue weighted by atomic mass is 9.49. The summed E-state index contributed by atoms with van der Waals surface area (Å²) in [4.78, 5) is 7.64. The number of pyridine rings is 1. The van der Waals surface area contributed by atoms with Crippen LogP contribution in [0, 0.1) is 5.92 Å². The Morgan fingerprint density at radius 2 is 1.94 bits per heavy atom. The van der Waals surface area contributed by atoms with Crippen molar-refractivity contribution in [1.29, 1.82) is 0 Å². The molecule has 34 heavy (non-hydrogen) atoms. The molecule has 5 nitrogen and oxygen atoms in total. The molecule has 0 amide bonds. The number of benzene rings is 2. The van der Waals surface area contributed by atoms with Crippen LogP contribution in [0.5, 0.6) is 11.5 Å². The summed E-state index contributed by atoms with van der Waals surface area (Å²) in [6.07, 6.45) is 4.47. The molecular weight excluding hydrogens is 424 g/mol. The first-order valence-corrected chi connectivity index (χ1v) is 13.0. The molecule has 3 aliphatic carbocycles. The highest BCUT2D eigenvalue weighted by atomic mass is 16.5. The van der Waals surface area contributed by atoms with Crippen LogP contribution in [0.1, 0.15) is 61.6 Å². The van der Waals surface area contributed by atoms with E-state index in [4.69, 9.17) is 9.72 Å². The number of ether oxygens (including phenoxy) is 1. The second-order valence-corrected chi connectivity index (χ2v) is 10.7. The molecule has 4 atom stereocenters. The van der Waals surface area contributed by atoms with Gasteiger partial charge < -0.3 is 14.9 Å². The monoisotopic (exact) mass is 456 g/mol. The number of hydrogen-bond acceptors (Lipinski definition) is 5. The molecule has 2 fully saturated rings. The first kappa shape index (κ1) is 20.7. The number of aromatic hydroxyl groups is 1. The van der Waals surface area contributed by atoms with Gasteiger partial charge in [0.05, 0.1) is 22.2 Å². The third-order valence-corrected chi connectivity index (χ3v) is 9.06. The van der Waals surface area contributed by atoms with Gasteiger partial charge in [0.15, 0.2) is 17.6 Å². The van der Waals surface area contributed by atoms with Crippen LogP contribution in [0.25, 0.3) is 10.9 Å². The zero-order valence-corrected chi connectivity index (χ0v) is 19.9. The third-order valence-electron chi connectivity index (χ3n) is 9.06. The van der Waals surface area contributed by atoms with Gasteiger partial charge >= 0.3 is 0 Å². The first-order valence-electron chi connectivity index (χ1n) is 13.0. The molecule has 1 spiro atoms. The van der Waals surface area contributed by atoms with Crippen molar-refractivity contribution in [2.45, 2.75) is 69.1 Å². The molecule has 5 heteroatoms. The molecule has 8 rings (SSSR count). The van der Waals surface area contributed by atoms with Gasteiger partial charge in [-0.15, -0.1) is 0 Å². The summed E-state index contributed by atoms with van der Waals surface area (Å²) in [5.41, 5.74) is 3.76. The van der Waals surface area contributed by atoms with Crippen LogP contribution in [-0.2, 0) is 18.3 Å². The summed E-state index contributed by atoms with van der Waals surface area (Å²) in [6, 6.07) is 14.3. The Kier molecular flexibility index (Phi) is 4.24. The van der Waals surface area contributed by atoms with Gasteiger partial charge in [-0.25, -0.2) is 4.98 Å². The molecule has 2 bridgehead atoms. The maximum Gasteiger partial charge on any atom is 0.166 e. The maximum absolute atomic E-state index is 12.7. The fourth-order valence-electron chi connectivity index (χ4n) is 7.49. The smallest absolute Gasteiger partial charge is 0.166 e. The van der Waals surface area contributed by atoms with Crippen LogP contribution in [0.2, 0.25) is 0 Å². The molecule has 176 valence electrons. The van der Waals surface area contributed by atoms with Crippen molar-refractivity contribution in [2.75, 3.05) is 13.1 Å². The Balaban J connectivity index is 0.000000977. The number of likely N-dealkylation sites (tertiary alicyclic amines) is 1. The van der Waals surface area contributed by atoms with Gasteiger partial charge in [0.2, 0.25) is 0 Å². The lowest BCUT2D eigenvalue weighted by Gasteiger charge is -2.63. The van der Waals surface area contributed by atoms with E-state index in [1.807, 2.05) is 32.0 Å². The zero-order chi connectivity index (χ0) is 23.2. The molecule has 2 aliphatic heterocycles. The number of phenolic OH excluding ortho intramolecular Hbond substituents is 1. The van der Waals surface area contributed by atoms with Crippen LogP contribution in [0.15, 0.2) is 42.5 Å². The SMILES string of the molecule is CC.Oc1ccc2c3c1O[C@H]1c4nc5ccccc5cc4C[C@@]4(O)[C@@H](C2)N(CC2CC2)CC[C@]314. The molecule has 1 saturated carbocycles. The predicted molar refractivity (Wildman–Crippen MR) is 131 cm³/mol. The Morgan fingerprint density at radius 1 is 1.12 bits per heavy atom. The molecule has 0 radical (unpaired) electrons. The average Bonchev–Trinajstić information content (AvgIpc) is 3.59. The predicted octanol–water partition coefficient (Wildman–Crippen LogP) is 4.67. The third kappa shape index (κ3) is 2.44. The van der Waals surface area contributed by atoms with Crippen molar-refractivity contribution in [3.63, 3.8) is 0 Å². The van der Waals surface area contributed by atoms with E-state index in [2.05, 4.69) is 23.1 Å². The van der Waals surface area contributed by atoms with E-state index in [0.29, 0.717) is 12.2 Å². The second-order valence-electron chi connectivity index (χ2n) is 10.7. The van der Waals surface area contributed by atoms with Crippen LogP contribution >= 0.6 is 0 Å². The minimum Gasteiger partial charge on any atom is -0.504 e. The van der Waals surface area contributed by atoms with Crippen LogP contribution in [0.3, 0.4) is 0 Å². The van der Waals surface area contributed by atoms with Crippen LogP contribution in [-0.4, -0.2) is 44.8 Å². The highest BCUT2D eigenvalue weighted by Crippen LogP contribution is 2.68. The van der Waals surface area contributed by atoms with E-state index in [0.717, 1.165) is 59.6 Å². The summed E-state index contributed by atoms with van der Waals surface area (Å²) in [5.74, 6) is 1.53. The largest absolute Gasteiger partial charge is 0.504 e. The number of aliphatic hydroxyl groups is 1. The fraction of sp³-hybridized carbons (Fsp3) is 0.483. The van der Waals surface area contributed by atoms with E-state index in [1.165, 1.54) is 18.4 Å². The van der Waals surface area contributed by atoms with Crippen molar-refractivity contribution < 1.29 is 14.9 Å². The second kappa shape index (κ2) is 6.96. The molecular formula is C29H32N2O3. The van der Waals surface area contributed by atoms with Gasteiger partial charge in [-0.1, -0.05) is 38.1 Å². The van der Waals surface area contributed by atoms with Gasteiger partial charge in [0.1, 0.15) is 0 Å². The number of aromatic nitrogens is 1. The molecule has 1 aromatic heterocycles. The highest BCUT2D eigenvalue weighted by Gasteiger charge is 2.72. The molecule has 3 heterocycles. The minimum atomic E-state index is -0.937. The Hall–Kier alpha value is -2.63. The van der Waals surface area contributed by atoms with Gasteiger partial charge in [-0.3, -0.25) is 4.90 Å². The zero-order valence-electron chi connectivity index (χ0n) is 19.9. The molecule has 3 aromatic rings. The lowest BCUT2D eigenvalue weighted by Crippen LogP contribution is -2.74. The average molecular weight is 457 g/mol. The number of hydrogen-bond donors (Lipinski definition) is 2. The number of rotatable bonds is 2. The Bertz CT molecular complexity index is 1320. The number of para-hydroxylation sites is 1. The van der Waals surface area contributed by atoms with Gasteiger partial charge in [-0.2, -0.15) is 0 Å². The molecule has 2 aromatic carbocycles. The Morgan fingerprint density at radius 3 is 2.76 bits per heavy atom. The summed E-state index contributed by atoms with van der Waals surface area (Å²) < 4.78 is 6.59. The number of nitrogens with zero attached hydrogens (tertiary/aromatic N) is 2. The number of piperidine rings is 1. The van der Waals surface area contributed by atoms with E-state index in [9.17, 15) is 10.2 Å². The number of fused-ring (bicyclic) bond motifs is 3. The summed E-state index contributed by atoms with van der Waals surface area (Å²) in [7, 11) is 0. The standard InChI is InChI=1S/C27H26N2O3.C2H6/c30-20-8-7-17-12-21-27(31)13-18-11-16-3-1-2-4-19(16)28-23(18)25-26(27,22(17)24(20)32-25)9-10-29(21)14-15-5-6-15;1-2/h1-4,7-8,11,15,21,25,30-31H,5-6,9-10,12-14H2;1-2H3/t21-,25+,26+,27-;/m1./s1. The fourth-order valence-corrected chi connectivity index (χ4v) is 7.49. The van der Waals surface area contributed by atoms with Crippen LogP contribution < -0.4 is 4.74 Å². The van der Waals surface area contributed by atoms with Gasteiger partial charge in [0, 0.05) is 30.0 Å². The normalized spacial score (nSPS) is 32.3.